The number of hydrogen-bond donors (Lipinski definition) is 12. The van der Waals surface area contributed by atoms with E-state index in [-0.39, 0.29) is 0 Å². The predicted molar refractivity (Wildman–Crippen MR) is 262 cm³/mol. The molecule has 0 unspecified atom stereocenters. The summed E-state index contributed by atoms with van der Waals surface area (Å²) in [5, 5.41) is 41.1. The van der Waals surface area contributed by atoms with Gasteiger partial charge in [0.1, 0.15) is 0 Å². The van der Waals surface area contributed by atoms with Crippen LogP contribution in [0.1, 0.15) is 144 Å². The summed E-state index contributed by atoms with van der Waals surface area (Å²) in [4.78, 5) is 0. The van der Waals surface area contributed by atoms with Crippen molar-refractivity contribution in [3.8, 4) is 0 Å². The van der Waals surface area contributed by atoms with Crippen molar-refractivity contribution >= 4 is 0 Å². The maximum Gasteiger partial charge on any atom is -0.00368 e. The molecule has 0 atom stereocenters. The molecule has 0 bridgehead atoms. The van der Waals surface area contributed by atoms with Gasteiger partial charge in [-0.1, -0.05) is 48.0 Å². The fourth-order valence-electron chi connectivity index (χ4n) is 6.00. The third-order valence-corrected chi connectivity index (χ3v) is 9.61. The van der Waals surface area contributed by atoms with Crippen LogP contribution in [-0.4, -0.2) is 157 Å². The van der Waals surface area contributed by atoms with Crippen molar-refractivity contribution in [2.45, 2.75) is 144 Å². The molecule has 0 aliphatic rings. The molecule has 0 rings (SSSR count). The Balaban J connectivity index is -0.000000785. The summed E-state index contributed by atoms with van der Waals surface area (Å²) in [6.07, 6.45) is 20.5. The Kier molecular flexibility index (Phi) is 70.0. The van der Waals surface area contributed by atoms with E-state index in [1.165, 1.54) is 149 Å². The Morgan fingerprint density at radius 2 is 0.259 bits per heavy atom. The third kappa shape index (κ3) is 70.1. The van der Waals surface area contributed by atoms with Gasteiger partial charge in [-0.05, 0) is 253 Å². The zero-order valence-electron chi connectivity index (χ0n) is 40.3. The minimum absolute atomic E-state index is 1.08. The maximum absolute atomic E-state index is 3.55. The van der Waals surface area contributed by atoms with Crippen LogP contribution in [0.25, 0.3) is 0 Å². The molecule has 0 aliphatic carbocycles. The normalized spacial score (nSPS) is 11.1. The fraction of sp³-hybridized carbons (Fsp3) is 1.00. The second kappa shape index (κ2) is 65.6. The average Bonchev–Trinajstić information content (AvgIpc) is 3.24. The zero-order chi connectivity index (χ0) is 42.8. The summed E-state index contributed by atoms with van der Waals surface area (Å²) in [6, 6.07) is 0. The van der Waals surface area contributed by atoms with E-state index in [9.17, 15) is 0 Å². The van der Waals surface area contributed by atoms with Crippen LogP contribution in [0.5, 0.6) is 0 Å². The highest BCUT2D eigenvalue weighted by Gasteiger charge is 1.95. The van der Waals surface area contributed by atoms with Gasteiger partial charge in [0.15, 0.2) is 0 Å². The van der Waals surface area contributed by atoms with E-state index in [2.05, 4.69) is 105 Å². The summed E-state index contributed by atoms with van der Waals surface area (Å²) < 4.78 is 0. The standard InChI is InChI=1S/C17H40N4.C15H36N4.C14H34N4/c1-3-18-12-6-5-7-14-20-16-10-11-17-21-15-9-8-13-19-4-2;1-3-16-10-5-6-11-18-12-7-8-13-19-15-9-14-17-4-2;1-3-15-9-5-6-10-17-13-8-14-18-12-7-11-16-4-2/h18-21H,3-17H2,1-2H3;16-19H,3-15H2,1-2H3;15-18H,3-14H2,1-2H3. The minimum atomic E-state index is 1.08. The molecule has 0 radical (unpaired) electrons. The first-order valence-electron chi connectivity index (χ1n) is 25.2. The van der Waals surface area contributed by atoms with Gasteiger partial charge in [-0.15, -0.1) is 0 Å². The molecule has 0 aromatic heterocycles. The molecule has 0 fully saturated rings. The first-order chi connectivity index (χ1) is 28.7. The van der Waals surface area contributed by atoms with Crippen molar-refractivity contribution in [2.24, 2.45) is 0 Å². The number of nitrogens with one attached hydrogen (secondary N) is 12. The second-order valence-electron chi connectivity index (χ2n) is 15.3. The molecule has 12 heteroatoms. The van der Waals surface area contributed by atoms with E-state index < -0.39 is 0 Å². The van der Waals surface area contributed by atoms with Gasteiger partial charge in [0.25, 0.3) is 0 Å². The van der Waals surface area contributed by atoms with Crippen LogP contribution in [0.15, 0.2) is 0 Å². The highest BCUT2D eigenvalue weighted by molar-refractivity contribution is 4.58. The first kappa shape index (κ1) is 61.8. The van der Waals surface area contributed by atoms with Crippen LogP contribution in [0.3, 0.4) is 0 Å². The van der Waals surface area contributed by atoms with Crippen LogP contribution in [0.2, 0.25) is 0 Å². The average molecular weight is 831 g/mol. The predicted octanol–water partition coefficient (Wildman–Crippen LogP) is 4.40. The third-order valence-electron chi connectivity index (χ3n) is 9.61. The fourth-order valence-corrected chi connectivity index (χ4v) is 6.00. The minimum Gasteiger partial charge on any atom is -0.317 e. The summed E-state index contributed by atoms with van der Waals surface area (Å²) in [5.41, 5.74) is 0. The van der Waals surface area contributed by atoms with Crippen LogP contribution in [-0.2, 0) is 0 Å². The Bertz CT molecular complexity index is 586. The Morgan fingerprint density at radius 3 is 0.431 bits per heavy atom. The second-order valence-corrected chi connectivity index (χ2v) is 15.3. The lowest BCUT2D eigenvalue weighted by Gasteiger charge is -2.07. The van der Waals surface area contributed by atoms with Crippen molar-refractivity contribution < 1.29 is 0 Å². The number of hydrogen-bond acceptors (Lipinski definition) is 12. The van der Waals surface area contributed by atoms with E-state index in [1.807, 2.05) is 0 Å². The molecular formula is C46H110N12. The van der Waals surface area contributed by atoms with E-state index in [1.54, 1.807) is 0 Å². The molecule has 0 heterocycles. The van der Waals surface area contributed by atoms with Crippen LogP contribution in [0.4, 0.5) is 0 Å². The summed E-state index contributed by atoms with van der Waals surface area (Å²) in [6.45, 7) is 40.3. The molecule has 12 N–H and O–H groups in total. The Labute approximate surface area is 364 Å². The van der Waals surface area contributed by atoms with Crippen molar-refractivity contribution in [3.05, 3.63) is 0 Å². The van der Waals surface area contributed by atoms with Gasteiger partial charge in [0.05, 0.1) is 0 Å². The molecule has 0 aromatic rings. The van der Waals surface area contributed by atoms with E-state index in [0.717, 1.165) is 111 Å². The molecule has 354 valence electrons. The summed E-state index contributed by atoms with van der Waals surface area (Å²) in [7, 11) is 0. The number of rotatable bonds is 49. The largest absolute Gasteiger partial charge is 0.317 e. The van der Waals surface area contributed by atoms with Gasteiger partial charge in [-0.3, -0.25) is 0 Å². The molecule has 0 aromatic carbocycles. The molecule has 0 saturated carbocycles. The Hall–Kier alpha value is -0.480. The molecule has 0 spiro atoms. The van der Waals surface area contributed by atoms with Crippen molar-refractivity contribution in [1.29, 1.82) is 0 Å². The SMILES string of the molecule is CCNCCCCCNCCCCNCCCCNCC.CCNCCCCNCCCCNCCCNCC.CCNCCCCNCCCNCCCNCC. The van der Waals surface area contributed by atoms with E-state index >= 15 is 0 Å². The molecular weight excluding hydrogens is 721 g/mol. The van der Waals surface area contributed by atoms with Gasteiger partial charge >= 0.3 is 0 Å². The summed E-state index contributed by atoms with van der Waals surface area (Å²) in [5.74, 6) is 0. The van der Waals surface area contributed by atoms with Crippen LogP contribution in [0, 0.1) is 0 Å². The van der Waals surface area contributed by atoms with E-state index in [0.29, 0.717) is 0 Å². The molecule has 0 saturated heterocycles. The molecule has 0 aliphatic heterocycles. The lowest BCUT2D eigenvalue weighted by Crippen LogP contribution is -2.25. The van der Waals surface area contributed by atoms with Gasteiger partial charge in [0.2, 0.25) is 0 Å². The van der Waals surface area contributed by atoms with Crippen molar-refractivity contribution in [3.63, 3.8) is 0 Å². The monoisotopic (exact) mass is 831 g/mol. The topological polar surface area (TPSA) is 144 Å². The lowest BCUT2D eigenvalue weighted by atomic mass is 10.2. The quantitative estimate of drug-likeness (QED) is 0.0396. The van der Waals surface area contributed by atoms with E-state index in [4.69, 9.17) is 0 Å². The first-order valence-corrected chi connectivity index (χ1v) is 25.2. The number of unbranched alkanes of at least 4 members (excludes halogenated alkanes) is 7. The van der Waals surface area contributed by atoms with Gasteiger partial charge < -0.3 is 63.8 Å². The van der Waals surface area contributed by atoms with Gasteiger partial charge in [-0.2, -0.15) is 0 Å². The highest BCUT2D eigenvalue weighted by Crippen LogP contribution is 1.93. The molecule has 12 nitrogen and oxygen atoms in total. The summed E-state index contributed by atoms with van der Waals surface area (Å²) >= 11 is 0. The Morgan fingerprint density at radius 1 is 0.138 bits per heavy atom. The van der Waals surface area contributed by atoms with Gasteiger partial charge in [-0.25, -0.2) is 0 Å². The maximum atomic E-state index is 3.55. The van der Waals surface area contributed by atoms with Crippen molar-refractivity contribution in [2.75, 3.05) is 157 Å². The lowest BCUT2D eigenvalue weighted by molar-refractivity contribution is 0.542. The highest BCUT2D eigenvalue weighted by atomic mass is 14.9. The van der Waals surface area contributed by atoms with Crippen LogP contribution >= 0.6 is 0 Å². The molecule has 58 heavy (non-hydrogen) atoms. The zero-order valence-corrected chi connectivity index (χ0v) is 40.3. The molecule has 0 amide bonds. The van der Waals surface area contributed by atoms with Crippen LogP contribution < -0.4 is 63.8 Å². The van der Waals surface area contributed by atoms with Crippen molar-refractivity contribution in [1.82, 2.24) is 63.8 Å². The van der Waals surface area contributed by atoms with Gasteiger partial charge in [0, 0.05) is 0 Å². The smallest absolute Gasteiger partial charge is 0.00368 e.